The van der Waals surface area contributed by atoms with E-state index in [4.69, 9.17) is 14.7 Å². The number of imidazole rings is 1. The minimum absolute atomic E-state index is 0.222. The Morgan fingerprint density at radius 3 is 2.75 bits per heavy atom. The highest BCUT2D eigenvalue weighted by molar-refractivity contribution is 5.77. The van der Waals surface area contributed by atoms with Crippen molar-refractivity contribution in [2.45, 2.75) is 25.4 Å². The number of nitrogens with zero attached hydrogens (tertiary/aromatic N) is 5. The monoisotopic (exact) mass is 489 g/mol. The van der Waals surface area contributed by atoms with Crippen LogP contribution in [0.2, 0.25) is 0 Å². The number of aromatic nitrogens is 6. The van der Waals surface area contributed by atoms with Gasteiger partial charge < -0.3 is 30.4 Å². The highest BCUT2D eigenvalue weighted by Crippen LogP contribution is 2.27. The first-order valence-electron chi connectivity index (χ1n) is 12.0. The largest absolute Gasteiger partial charge is 0.493 e. The molecule has 0 unspecified atom stereocenters. The predicted molar refractivity (Wildman–Crippen MR) is 136 cm³/mol. The minimum atomic E-state index is -0.478. The molecule has 12 heteroatoms. The summed E-state index contributed by atoms with van der Waals surface area (Å²) in [5.74, 6) is 0.874. The highest BCUT2D eigenvalue weighted by Gasteiger charge is 2.24. The molecule has 2 fully saturated rings. The Kier molecular flexibility index (Phi) is 5.77. The van der Waals surface area contributed by atoms with E-state index in [0.29, 0.717) is 30.1 Å². The van der Waals surface area contributed by atoms with Gasteiger partial charge in [0.05, 0.1) is 19.4 Å². The quantitative estimate of drug-likeness (QED) is 0.251. The maximum Gasteiger partial charge on any atom is 0.326 e. The second-order valence-electron chi connectivity index (χ2n) is 8.88. The molecule has 2 aliphatic rings. The molecule has 36 heavy (non-hydrogen) atoms. The van der Waals surface area contributed by atoms with Gasteiger partial charge in [-0.1, -0.05) is 18.2 Å². The summed E-state index contributed by atoms with van der Waals surface area (Å²) in [6.45, 7) is 3.74. The lowest BCUT2D eigenvalue weighted by Gasteiger charge is -2.30. The van der Waals surface area contributed by atoms with Crippen LogP contribution in [0.15, 0.2) is 35.3 Å². The second-order valence-corrected chi connectivity index (χ2v) is 8.88. The average Bonchev–Trinajstić information content (AvgIpc) is 3.52. The number of nitrogens with one attached hydrogen (secondary N) is 4. The smallest absolute Gasteiger partial charge is 0.326 e. The van der Waals surface area contributed by atoms with Crippen LogP contribution in [0.25, 0.3) is 17.8 Å². The van der Waals surface area contributed by atoms with Gasteiger partial charge in [0.1, 0.15) is 5.69 Å². The number of morpholine rings is 1. The molecule has 0 radical (unpaired) electrons. The van der Waals surface area contributed by atoms with Crippen molar-refractivity contribution in [1.29, 1.82) is 0 Å². The molecular weight excluding hydrogens is 462 g/mol. The first kappa shape index (κ1) is 22.2. The van der Waals surface area contributed by atoms with Gasteiger partial charge in [-0.2, -0.15) is 19.6 Å². The summed E-state index contributed by atoms with van der Waals surface area (Å²) in [5.41, 5.74) is 3.45. The standard InChI is InChI=1S/C24H27N9O3/c34-21-18(28-24(35)30-21)8-5-16-14-26-33-20(16)29-22(31-23(33)27-17-6-7-17)25-13-15-3-1-2-4-19(15)32-9-11-36-12-10-32/h1-5,8,14,17,34H,6-7,9-13H2,(H2,28,30,35)(H2,25,27,29,31)/b8-5+. The number of hydrogen-bond donors (Lipinski definition) is 5. The van der Waals surface area contributed by atoms with Crippen molar-refractivity contribution in [3.8, 4) is 5.88 Å². The molecule has 12 nitrogen and oxygen atoms in total. The van der Waals surface area contributed by atoms with Crippen molar-refractivity contribution >= 4 is 35.4 Å². The summed E-state index contributed by atoms with van der Waals surface area (Å²) < 4.78 is 7.18. The summed E-state index contributed by atoms with van der Waals surface area (Å²) >= 11 is 0. The van der Waals surface area contributed by atoms with Gasteiger partial charge in [0.15, 0.2) is 5.65 Å². The van der Waals surface area contributed by atoms with Gasteiger partial charge >= 0.3 is 5.69 Å². The lowest BCUT2D eigenvalue weighted by Crippen LogP contribution is -2.36. The summed E-state index contributed by atoms with van der Waals surface area (Å²) in [7, 11) is 0. The molecule has 1 saturated heterocycles. The molecule has 1 aliphatic carbocycles. The van der Waals surface area contributed by atoms with Crippen LogP contribution in [-0.4, -0.2) is 67.0 Å². The molecule has 3 aromatic heterocycles. The molecule has 1 saturated carbocycles. The van der Waals surface area contributed by atoms with Crippen LogP contribution in [0.1, 0.15) is 29.7 Å². The molecular formula is C24H27N9O3. The summed E-state index contributed by atoms with van der Waals surface area (Å²) in [6.07, 6.45) is 7.21. The normalized spacial score (nSPS) is 16.2. The Morgan fingerprint density at radius 2 is 1.97 bits per heavy atom. The first-order valence-corrected chi connectivity index (χ1v) is 12.0. The molecule has 0 bridgehead atoms. The van der Waals surface area contributed by atoms with E-state index >= 15 is 0 Å². The lowest BCUT2D eigenvalue weighted by atomic mass is 10.1. The van der Waals surface area contributed by atoms with E-state index in [1.807, 2.05) is 6.07 Å². The van der Waals surface area contributed by atoms with Crippen LogP contribution in [0.4, 0.5) is 17.6 Å². The number of aromatic amines is 2. The highest BCUT2D eigenvalue weighted by atomic mass is 16.5. The van der Waals surface area contributed by atoms with Gasteiger partial charge in [0, 0.05) is 36.9 Å². The number of ether oxygens (including phenoxy) is 1. The molecule has 6 rings (SSSR count). The Morgan fingerprint density at radius 1 is 1.14 bits per heavy atom. The second kappa shape index (κ2) is 9.38. The van der Waals surface area contributed by atoms with Crippen LogP contribution in [0.3, 0.4) is 0 Å². The van der Waals surface area contributed by atoms with E-state index in [0.717, 1.165) is 50.3 Å². The Bertz CT molecular complexity index is 1460. The number of anilines is 3. The van der Waals surface area contributed by atoms with E-state index in [1.54, 1.807) is 22.9 Å². The molecule has 186 valence electrons. The fraction of sp³-hybridized carbons (Fsp3) is 0.333. The fourth-order valence-electron chi connectivity index (χ4n) is 4.22. The van der Waals surface area contributed by atoms with E-state index < -0.39 is 5.69 Å². The number of H-pyrrole nitrogens is 2. The van der Waals surface area contributed by atoms with Crippen LogP contribution in [-0.2, 0) is 11.3 Å². The zero-order chi connectivity index (χ0) is 24.5. The van der Waals surface area contributed by atoms with Crippen LogP contribution >= 0.6 is 0 Å². The summed E-state index contributed by atoms with van der Waals surface area (Å²) in [6, 6.07) is 8.70. The van der Waals surface area contributed by atoms with Crippen molar-refractivity contribution in [1.82, 2.24) is 29.5 Å². The number of fused-ring (bicyclic) bond motifs is 1. The number of para-hydroxylation sites is 1. The van der Waals surface area contributed by atoms with Crippen LogP contribution in [0, 0.1) is 0 Å². The minimum Gasteiger partial charge on any atom is -0.493 e. The zero-order valence-corrected chi connectivity index (χ0v) is 19.6. The Labute approximate surface area is 206 Å². The number of benzene rings is 1. The lowest BCUT2D eigenvalue weighted by molar-refractivity contribution is 0.122. The number of aromatic hydroxyl groups is 1. The third-order valence-electron chi connectivity index (χ3n) is 6.25. The Balaban J connectivity index is 1.30. The third kappa shape index (κ3) is 4.62. The maximum atomic E-state index is 11.4. The SMILES string of the molecule is O=c1[nH]c(O)c(/C=C/c2cnn3c(NC4CC4)nc(NCc4ccccc4N4CCOCC4)nc23)[nH]1. The Hall–Kier alpha value is -4.32. The van der Waals surface area contributed by atoms with Crippen molar-refractivity contribution in [2.75, 3.05) is 41.8 Å². The van der Waals surface area contributed by atoms with Gasteiger partial charge in [0.25, 0.3) is 0 Å². The molecule has 1 aliphatic heterocycles. The first-order chi connectivity index (χ1) is 17.6. The van der Waals surface area contributed by atoms with Crippen molar-refractivity contribution < 1.29 is 9.84 Å². The topological polar surface area (TPSA) is 148 Å². The molecule has 4 heterocycles. The van der Waals surface area contributed by atoms with Crippen LogP contribution in [0.5, 0.6) is 5.88 Å². The van der Waals surface area contributed by atoms with E-state index in [2.05, 4.69) is 48.8 Å². The van der Waals surface area contributed by atoms with Crippen LogP contribution < -0.4 is 21.2 Å². The summed E-state index contributed by atoms with van der Waals surface area (Å²) in [5, 5.41) is 21.1. The predicted octanol–water partition coefficient (Wildman–Crippen LogP) is 2.04. The van der Waals surface area contributed by atoms with E-state index in [1.165, 1.54) is 5.69 Å². The molecule has 0 amide bonds. The van der Waals surface area contributed by atoms with E-state index in [9.17, 15) is 9.90 Å². The fourth-order valence-corrected chi connectivity index (χ4v) is 4.22. The maximum absolute atomic E-state index is 11.4. The van der Waals surface area contributed by atoms with Gasteiger partial charge in [-0.3, -0.25) is 4.98 Å². The van der Waals surface area contributed by atoms with Gasteiger partial charge in [-0.25, -0.2) is 4.79 Å². The number of rotatable bonds is 8. The van der Waals surface area contributed by atoms with Gasteiger partial charge in [-0.05, 0) is 36.6 Å². The van der Waals surface area contributed by atoms with E-state index in [-0.39, 0.29) is 11.6 Å². The van der Waals surface area contributed by atoms with Gasteiger partial charge in [0.2, 0.25) is 17.8 Å². The molecule has 0 spiro atoms. The van der Waals surface area contributed by atoms with Gasteiger partial charge in [-0.15, -0.1) is 0 Å². The third-order valence-corrected chi connectivity index (χ3v) is 6.25. The average molecular weight is 490 g/mol. The van der Waals surface area contributed by atoms with Crippen molar-refractivity contribution in [2.24, 2.45) is 0 Å². The molecule has 4 aromatic rings. The summed E-state index contributed by atoms with van der Waals surface area (Å²) in [4.78, 5) is 28.0. The molecule has 5 N–H and O–H groups in total. The molecule has 1 aromatic carbocycles. The van der Waals surface area contributed by atoms with Crippen molar-refractivity contribution in [3.63, 3.8) is 0 Å². The van der Waals surface area contributed by atoms with Crippen molar-refractivity contribution in [3.05, 3.63) is 57.8 Å². The molecule has 0 atom stereocenters. The zero-order valence-electron chi connectivity index (χ0n) is 19.6. The number of hydrogen-bond acceptors (Lipinski definition) is 9.